The van der Waals surface area contributed by atoms with Crippen molar-refractivity contribution in [3.05, 3.63) is 48.0 Å². The molecule has 0 bridgehead atoms. The lowest BCUT2D eigenvalue weighted by atomic mass is 9.86. The molecule has 152 valence electrons. The fourth-order valence-corrected chi connectivity index (χ4v) is 4.35. The van der Waals surface area contributed by atoms with Gasteiger partial charge in [0, 0.05) is 18.7 Å². The van der Waals surface area contributed by atoms with Gasteiger partial charge >= 0.3 is 0 Å². The zero-order valence-corrected chi connectivity index (χ0v) is 16.9. The number of carbonyl (C=O) groups is 2. The van der Waals surface area contributed by atoms with Gasteiger partial charge < -0.3 is 15.0 Å². The van der Waals surface area contributed by atoms with E-state index in [-0.39, 0.29) is 11.8 Å². The summed E-state index contributed by atoms with van der Waals surface area (Å²) in [5, 5.41) is 2.96. The molecule has 0 saturated heterocycles. The maximum absolute atomic E-state index is 13.1. The Labute approximate surface area is 172 Å². The summed E-state index contributed by atoms with van der Waals surface area (Å²) >= 11 is 0. The molecule has 1 heterocycles. The predicted octanol–water partition coefficient (Wildman–Crippen LogP) is 5.76. The Morgan fingerprint density at radius 2 is 1.90 bits per heavy atom. The highest BCUT2D eigenvalue weighted by molar-refractivity contribution is 6.10. The van der Waals surface area contributed by atoms with Crippen molar-refractivity contribution in [2.24, 2.45) is 5.92 Å². The van der Waals surface area contributed by atoms with E-state index in [2.05, 4.69) is 5.32 Å². The molecule has 0 radical (unpaired) electrons. The molecule has 4 rings (SSSR count). The lowest BCUT2D eigenvalue weighted by Gasteiger charge is -2.21. The minimum atomic E-state index is -0.120. The number of rotatable bonds is 5. The van der Waals surface area contributed by atoms with Gasteiger partial charge in [-0.2, -0.15) is 0 Å². The van der Waals surface area contributed by atoms with Crippen LogP contribution < -0.4 is 15.0 Å². The predicted molar refractivity (Wildman–Crippen MR) is 115 cm³/mol. The number of fused-ring (bicyclic) bond motifs is 2. The van der Waals surface area contributed by atoms with Crippen molar-refractivity contribution in [3.63, 3.8) is 0 Å². The van der Waals surface area contributed by atoms with Gasteiger partial charge in [-0.3, -0.25) is 9.59 Å². The molecule has 1 N–H and O–H groups in total. The van der Waals surface area contributed by atoms with Gasteiger partial charge in [0.2, 0.25) is 5.91 Å². The zero-order chi connectivity index (χ0) is 20.2. The van der Waals surface area contributed by atoms with Gasteiger partial charge in [-0.25, -0.2) is 0 Å². The van der Waals surface area contributed by atoms with Crippen molar-refractivity contribution in [2.75, 3.05) is 16.8 Å². The van der Waals surface area contributed by atoms with Gasteiger partial charge in [-0.05, 0) is 49.6 Å². The second-order valence-corrected chi connectivity index (χ2v) is 7.92. The second-order valence-electron chi connectivity index (χ2n) is 7.92. The number of hydrogen-bond donors (Lipinski definition) is 1. The number of nitrogens with one attached hydrogen (secondary N) is 1. The van der Waals surface area contributed by atoms with E-state index in [4.69, 9.17) is 4.74 Å². The van der Waals surface area contributed by atoms with E-state index < -0.39 is 0 Å². The first kappa shape index (κ1) is 19.5. The molecule has 5 nitrogen and oxygen atoms in total. The van der Waals surface area contributed by atoms with Crippen LogP contribution in [-0.2, 0) is 4.79 Å². The highest BCUT2D eigenvalue weighted by atomic mass is 16.5. The van der Waals surface area contributed by atoms with Crippen molar-refractivity contribution in [2.45, 2.75) is 51.9 Å². The molecule has 1 saturated carbocycles. The molecule has 0 aromatic heterocycles. The molecule has 1 fully saturated rings. The Morgan fingerprint density at radius 1 is 1.10 bits per heavy atom. The molecule has 1 aliphatic carbocycles. The van der Waals surface area contributed by atoms with Crippen LogP contribution in [0.2, 0.25) is 0 Å². The summed E-state index contributed by atoms with van der Waals surface area (Å²) in [5.41, 5.74) is 1.86. The Morgan fingerprint density at radius 3 is 2.69 bits per heavy atom. The molecule has 2 aromatic rings. The van der Waals surface area contributed by atoms with Gasteiger partial charge in [0.1, 0.15) is 5.75 Å². The van der Waals surface area contributed by atoms with Gasteiger partial charge in [0.15, 0.2) is 5.75 Å². The number of nitrogens with zero attached hydrogens (tertiary/aromatic N) is 1. The second kappa shape index (κ2) is 8.68. The Hall–Kier alpha value is -2.82. The number of ether oxygens (including phenoxy) is 1. The molecule has 2 aliphatic rings. The Kier molecular flexibility index (Phi) is 5.84. The quantitative estimate of drug-likeness (QED) is 0.704. The molecule has 1 aliphatic heterocycles. The van der Waals surface area contributed by atoms with Gasteiger partial charge in [-0.15, -0.1) is 0 Å². The highest BCUT2D eigenvalue weighted by Crippen LogP contribution is 2.39. The largest absolute Gasteiger partial charge is 0.454 e. The summed E-state index contributed by atoms with van der Waals surface area (Å²) in [6.07, 6.45) is 7.85. The molecular weight excluding hydrogens is 364 g/mol. The fourth-order valence-electron chi connectivity index (χ4n) is 4.35. The minimum absolute atomic E-state index is 0.00754. The van der Waals surface area contributed by atoms with Crippen molar-refractivity contribution in [1.29, 1.82) is 0 Å². The van der Waals surface area contributed by atoms with E-state index in [0.29, 0.717) is 41.6 Å². The van der Waals surface area contributed by atoms with E-state index in [1.54, 1.807) is 23.1 Å². The van der Waals surface area contributed by atoms with Crippen LogP contribution in [0.3, 0.4) is 0 Å². The van der Waals surface area contributed by atoms with Crippen molar-refractivity contribution < 1.29 is 14.3 Å². The summed E-state index contributed by atoms with van der Waals surface area (Å²) in [6, 6.07) is 12.8. The standard InChI is InChI=1S/C24H28N2O3/c1-2-26-20-10-6-7-11-22(20)29-21-14-13-18(16-19(21)24(26)28)25-23(27)15-12-17-8-4-3-5-9-17/h6-7,10-11,13-14,16-17H,2-5,8-9,12,15H2,1H3,(H,25,27). The van der Waals surface area contributed by atoms with Gasteiger partial charge in [0.05, 0.1) is 11.3 Å². The molecule has 0 unspecified atom stereocenters. The number of para-hydroxylation sites is 2. The fraction of sp³-hybridized carbons (Fsp3) is 0.417. The van der Waals surface area contributed by atoms with E-state index in [0.717, 1.165) is 12.1 Å². The third-order valence-electron chi connectivity index (χ3n) is 5.94. The molecule has 2 aromatic carbocycles. The lowest BCUT2D eigenvalue weighted by molar-refractivity contribution is -0.116. The van der Waals surface area contributed by atoms with Gasteiger partial charge in [0.25, 0.3) is 5.91 Å². The maximum Gasteiger partial charge on any atom is 0.262 e. The topological polar surface area (TPSA) is 58.6 Å². The summed E-state index contributed by atoms with van der Waals surface area (Å²) in [5.74, 6) is 1.73. The smallest absolute Gasteiger partial charge is 0.262 e. The van der Waals surface area contributed by atoms with Crippen LogP contribution in [0.4, 0.5) is 11.4 Å². The summed E-state index contributed by atoms with van der Waals surface area (Å²) in [7, 11) is 0. The first-order chi connectivity index (χ1) is 14.2. The number of amides is 2. The highest BCUT2D eigenvalue weighted by Gasteiger charge is 2.27. The summed E-state index contributed by atoms with van der Waals surface area (Å²) in [6.45, 7) is 2.48. The molecule has 2 amide bonds. The van der Waals surface area contributed by atoms with E-state index in [1.807, 2.05) is 31.2 Å². The molecule has 0 spiro atoms. The van der Waals surface area contributed by atoms with E-state index in [1.165, 1.54) is 32.1 Å². The third kappa shape index (κ3) is 4.29. The van der Waals surface area contributed by atoms with Crippen LogP contribution in [0.15, 0.2) is 42.5 Å². The molecule has 5 heteroatoms. The summed E-state index contributed by atoms with van der Waals surface area (Å²) < 4.78 is 6.02. The number of benzene rings is 2. The van der Waals surface area contributed by atoms with Crippen molar-refractivity contribution >= 4 is 23.2 Å². The van der Waals surface area contributed by atoms with Crippen LogP contribution in [0.1, 0.15) is 62.2 Å². The Balaban J connectivity index is 1.49. The maximum atomic E-state index is 13.1. The number of anilines is 2. The average Bonchev–Trinajstić information content (AvgIpc) is 2.87. The zero-order valence-electron chi connectivity index (χ0n) is 16.9. The average molecular weight is 392 g/mol. The summed E-state index contributed by atoms with van der Waals surface area (Å²) in [4.78, 5) is 27.3. The van der Waals surface area contributed by atoms with E-state index in [9.17, 15) is 9.59 Å². The molecular formula is C24H28N2O3. The minimum Gasteiger partial charge on any atom is -0.454 e. The number of hydrogen-bond acceptors (Lipinski definition) is 3. The van der Waals surface area contributed by atoms with Crippen LogP contribution >= 0.6 is 0 Å². The number of carbonyl (C=O) groups excluding carboxylic acids is 2. The van der Waals surface area contributed by atoms with Crippen LogP contribution in [0.25, 0.3) is 0 Å². The van der Waals surface area contributed by atoms with Gasteiger partial charge in [-0.1, -0.05) is 44.2 Å². The van der Waals surface area contributed by atoms with Crippen LogP contribution in [-0.4, -0.2) is 18.4 Å². The SMILES string of the molecule is CCN1C(=O)c2cc(NC(=O)CCC3CCCCC3)ccc2Oc2ccccc21. The first-order valence-corrected chi connectivity index (χ1v) is 10.7. The van der Waals surface area contributed by atoms with Crippen LogP contribution in [0, 0.1) is 5.92 Å². The van der Waals surface area contributed by atoms with Crippen LogP contribution in [0.5, 0.6) is 11.5 Å². The first-order valence-electron chi connectivity index (χ1n) is 10.7. The Bertz CT molecular complexity index is 903. The molecule has 0 atom stereocenters. The monoisotopic (exact) mass is 392 g/mol. The normalized spacial score (nSPS) is 16.4. The van der Waals surface area contributed by atoms with E-state index >= 15 is 0 Å². The molecule has 29 heavy (non-hydrogen) atoms. The third-order valence-corrected chi connectivity index (χ3v) is 5.94. The lowest BCUT2D eigenvalue weighted by Crippen LogP contribution is -2.29. The van der Waals surface area contributed by atoms with Crippen molar-refractivity contribution in [3.8, 4) is 11.5 Å². The van der Waals surface area contributed by atoms with Crippen molar-refractivity contribution in [1.82, 2.24) is 0 Å².